The van der Waals surface area contributed by atoms with Gasteiger partial charge in [-0.3, -0.25) is 14.7 Å². The molecule has 1 aliphatic heterocycles. The van der Waals surface area contributed by atoms with E-state index in [0.29, 0.717) is 19.6 Å². The number of aliphatic carboxylic acids is 1. The van der Waals surface area contributed by atoms with Gasteiger partial charge in [0, 0.05) is 38.6 Å². The van der Waals surface area contributed by atoms with Crippen molar-refractivity contribution in [3.05, 3.63) is 18.1 Å². The second-order valence-corrected chi connectivity index (χ2v) is 4.84. The standard InChI is InChI=1S/C11H16N4O2S/c1-18-10-8(13-2-3-14-10)7-15-5-4-12-6-9(15)11(16)17/h2-3,9,12H,4-7H2,1H3,(H,16,17)/t9-/m1/s1. The fourth-order valence-electron chi connectivity index (χ4n) is 2.00. The van der Waals surface area contributed by atoms with E-state index in [1.54, 1.807) is 12.4 Å². The van der Waals surface area contributed by atoms with Crippen LogP contribution in [0.1, 0.15) is 5.69 Å². The van der Waals surface area contributed by atoms with E-state index in [1.807, 2.05) is 11.2 Å². The van der Waals surface area contributed by atoms with Gasteiger partial charge in [-0.15, -0.1) is 11.8 Å². The van der Waals surface area contributed by atoms with Gasteiger partial charge in [-0.2, -0.15) is 0 Å². The molecule has 2 heterocycles. The molecule has 0 spiro atoms. The van der Waals surface area contributed by atoms with Crippen molar-refractivity contribution < 1.29 is 9.90 Å². The maximum absolute atomic E-state index is 11.2. The van der Waals surface area contributed by atoms with Crippen LogP contribution in [0.15, 0.2) is 17.4 Å². The first kappa shape index (κ1) is 13.3. The monoisotopic (exact) mass is 268 g/mol. The molecule has 0 saturated carbocycles. The van der Waals surface area contributed by atoms with E-state index in [9.17, 15) is 9.90 Å². The van der Waals surface area contributed by atoms with Crippen LogP contribution in [0.2, 0.25) is 0 Å². The van der Waals surface area contributed by atoms with Gasteiger partial charge in [-0.1, -0.05) is 0 Å². The highest BCUT2D eigenvalue weighted by molar-refractivity contribution is 7.98. The molecule has 2 N–H and O–H groups in total. The average molecular weight is 268 g/mol. The van der Waals surface area contributed by atoms with Crippen LogP contribution < -0.4 is 5.32 Å². The van der Waals surface area contributed by atoms with E-state index in [2.05, 4.69) is 15.3 Å². The zero-order valence-corrected chi connectivity index (χ0v) is 11.0. The third-order valence-corrected chi connectivity index (χ3v) is 3.65. The molecular formula is C11H16N4O2S. The number of carboxylic acid groups (broad SMARTS) is 1. The summed E-state index contributed by atoms with van der Waals surface area (Å²) in [5, 5.41) is 13.1. The Hall–Kier alpha value is -1.18. The molecule has 0 aromatic carbocycles. The Kier molecular flexibility index (Phi) is 4.51. The SMILES string of the molecule is CSc1nccnc1CN1CCNC[C@@H]1C(=O)O. The molecule has 0 aliphatic carbocycles. The number of hydrogen-bond donors (Lipinski definition) is 2. The second kappa shape index (κ2) is 6.12. The van der Waals surface area contributed by atoms with Gasteiger partial charge >= 0.3 is 5.97 Å². The molecule has 6 nitrogen and oxygen atoms in total. The van der Waals surface area contributed by atoms with E-state index in [0.717, 1.165) is 17.3 Å². The summed E-state index contributed by atoms with van der Waals surface area (Å²) < 4.78 is 0. The Bertz CT molecular complexity index is 429. The van der Waals surface area contributed by atoms with Gasteiger partial charge in [-0.25, -0.2) is 4.98 Å². The molecule has 0 unspecified atom stereocenters. The molecule has 18 heavy (non-hydrogen) atoms. The Morgan fingerprint density at radius 3 is 3.11 bits per heavy atom. The van der Waals surface area contributed by atoms with Gasteiger partial charge in [0.2, 0.25) is 0 Å². The molecule has 1 fully saturated rings. The number of nitrogens with zero attached hydrogens (tertiary/aromatic N) is 3. The number of piperazine rings is 1. The van der Waals surface area contributed by atoms with Gasteiger partial charge < -0.3 is 10.4 Å². The summed E-state index contributed by atoms with van der Waals surface area (Å²) in [4.78, 5) is 21.7. The summed E-state index contributed by atoms with van der Waals surface area (Å²) >= 11 is 1.53. The van der Waals surface area contributed by atoms with Crippen molar-refractivity contribution >= 4 is 17.7 Å². The van der Waals surface area contributed by atoms with E-state index >= 15 is 0 Å². The predicted octanol–water partition coefficient (Wildman–Crippen LogP) is 0.0569. The number of carbonyl (C=O) groups is 1. The first-order chi connectivity index (χ1) is 8.72. The third kappa shape index (κ3) is 2.98. The lowest BCUT2D eigenvalue weighted by Crippen LogP contribution is -2.54. The van der Waals surface area contributed by atoms with Crippen LogP contribution in [0.3, 0.4) is 0 Å². The maximum Gasteiger partial charge on any atom is 0.322 e. The fourth-order valence-corrected chi connectivity index (χ4v) is 2.52. The van der Waals surface area contributed by atoms with Gasteiger partial charge in [0.15, 0.2) is 0 Å². The number of hydrogen-bond acceptors (Lipinski definition) is 6. The molecule has 0 bridgehead atoms. The molecule has 1 atom stereocenters. The summed E-state index contributed by atoms with van der Waals surface area (Å²) in [6.07, 6.45) is 5.24. The zero-order chi connectivity index (χ0) is 13.0. The van der Waals surface area contributed by atoms with Crippen molar-refractivity contribution in [2.75, 3.05) is 25.9 Å². The van der Waals surface area contributed by atoms with Gasteiger partial charge in [-0.05, 0) is 6.26 Å². The van der Waals surface area contributed by atoms with Crippen LogP contribution in [-0.4, -0.2) is 57.9 Å². The molecule has 1 aromatic rings. The van der Waals surface area contributed by atoms with Gasteiger partial charge in [0.25, 0.3) is 0 Å². The van der Waals surface area contributed by atoms with Gasteiger partial charge in [0.1, 0.15) is 11.1 Å². The number of aromatic nitrogens is 2. The highest BCUT2D eigenvalue weighted by Gasteiger charge is 2.29. The molecule has 0 radical (unpaired) electrons. The normalized spacial score (nSPS) is 20.8. The summed E-state index contributed by atoms with van der Waals surface area (Å²) in [6, 6.07) is -0.490. The van der Waals surface area contributed by atoms with Crippen molar-refractivity contribution in [1.29, 1.82) is 0 Å². The smallest absolute Gasteiger partial charge is 0.322 e. The van der Waals surface area contributed by atoms with Crippen molar-refractivity contribution in [2.24, 2.45) is 0 Å². The first-order valence-corrected chi connectivity index (χ1v) is 6.96. The van der Waals surface area contributed by atoms with E-state index in [4.69, 9.17) is 0 Å². The Morgan fingerprint density at radius 2 is 2.39 bits per heavy atom. The van der Waals surface area contributed by atoms with Crippen LogP contribution in [0, 0.1) is 0 Å². The second-order valence-electron chi connectivity index (χ2n) is 4.04. The lowest BCUT2D eigenvalue weighted by atomic mass is 10.2. The molecule has 2 rings (SSSR count). The Morgan fingerprint density at radius 1 is 1.61 bits per heavy atom. The maximum atomic E-state index is 11.2. The summed E-state index contributed by atoms with van der Waals surface area (Å²) in [5.74, 6) is -0.795. The number of nitrogens with one attached hydrogen (secondary N) is 1. The lowest BCUT2D eigenvalue weighted by Gasteiger charge is -2.33. The van der Waals surface area contributed by atoms with Crippen LogP contribution in [0.5, 0.6) is 0 Å². The highest BCUT2D eigenvalue weighted by atomic mass is 32.2. The lowest BCUT2D eigenvalue weighted by molar-refractivity contribution is -0.144. The number of rotatable bonds is 4. The third-order valence-electron chi connectivity index (χ3n) is 2.92. The number of thioether (sulfide) groups is 1. The largest absolute Gasteiger partial charge is 0.480 e. The van der Waals surface area contributed by atoms with Crippen molar-refractivity contribution in [3.63, 3.8) is 0 Å². The molecular weight excluding hydrogens is 252 g/mol. The van der Waals surface area contributed by atoms with Crippen molar-refractivity contribution in [3.8, 4) is 0 Å². The van der Waals surface area contributed by atoms with Crippen LogP contribution >= 0.6 is 11.8 Å². The van der Waals surface area contributed by atoms with Crippen molar-refractivity contribution in [2.45, 2.75) is 17.6 Å². The summed E-state index contributed by atoms with van der Waals surface area (Å²) in [5.41, 5.74) is 0.846. The van der Waals surface area contributed by atoms with E-state index in [1.165, 1.54) is 11.8 Å². The topological polar surface area (TPSA) is 78.4 Å². The van der Waals surface area contributed by atoms with E-state index < -0.39 is 12.0 Å². The molecule has 1 saturated heterocycles. The molecule has 0 amide bonds. The Labute approximate surface area is 110 Å². The number of carboxylic acids is 1. The van der Waals surface area contributed by atoms with Crippen LogP contribution in [0.4, 0.5) is 0 Å². The predicted molar refractivity (Wildman–Crippen MR) is 68.5 cm³/mol. The first-order valence-electron chi connectivity index (χ1n) is 5.74. The van der Waals surface area contributed by atoms with Crippen LogP contribution in [0.25, 0.3) is 0 Å². The summed E-state index contributed by atoms with van der Waals surface area (Å²) in [6.45, 7) is 2.52. The van der Waals surface area contributed by atoms with Gasteiger partial charge in [0.05, 0.1) is 5.69 Å². The highest BCUT2D eigenvalue weighted by Crippen LogP contribution is 2.18. The fraction of sp³-hybridized carbons (Fsp3) is 0.545. The molecule has 1 aliphatic rings. The molecule has 98 valence electrons. The van der Waals surface area contributed by atoms with E-state index in [-0.39, 0.29) is 0 Å². The minimum absolute atomic E-state index is 0.476. The molecule has 1 aromatic heterocycles. The molecule has 7 heteroatoms. The zero-order valence-electron chi connectivity index (χ0n) is 10.2. The quantitative estimate of drug-likeness (QED) is 0.747. The minimum Gasteiger partial charge on any atom is -0.480 e. The minimum atomic E-state index is -0.795. The Balaban J connectivity index is 2.13. The average Bonchev–Trinajstić information content (AvgIpc) is 2.40. The summed E-state index contributed by atoms with van der Waals surface area (Å²) in [7, 11) is 0. The van der Waals surface area contributed by atoms with Crippen molar-refractivity contribution in [1.82, 2.24) is 20.2 Å². The van der Waals surface area contributed by atoms with Crippen LogP contribution in [-0.2, 0) is 11.3 Å².